The van der Waals surface area contributed by atoms with Gasteiger partial charge in [0.1, 0.15) is 5.82 Å². The van der Waals surface area contributed by atoms with E-state index < -0.39 is 0 Å². The molecular formula is C8H14N2O. The maximum Gasteiger partial charge on any atom is 0.245 e. The van der Waals surface area contributed by atoms with Crippen molar-refractivity contribution in [1.29, 1.82) is 0 Å². The summed E-state index contributed by atoms with van der Waals surface area (Å²) in [5, 5.41) is 2.82. The molecule has 0 atom stereocenters. The predicted octanol–water partition coefficient (Wildman–Crippen LogP) is 0.690. The minimum Gasteiger partial charge on any atom is -0.352 e. The van der Waals surface area contributed by atoms with Gasteiger partial charge < -0.3 is 10.2 Å². The highest BCUT2D eigenvalue weighted by Crippen LogP contribution is 2.12. The van der Waals surface area contributed by atoms with Gasteiger partial charge in [-0.1, -0.05) is 6.92 Å². The van der Waals surface area contributed by atoms with Crippen LogP contribution in [0.4, 0.5) is 0 Å². The zero-order chi connectivity index (χ0) is 8.43. The summed E-state index contributed by atoms with van der Waals surface area (Å²) in [5.74, 6) is 1.08. The standard InChI is InChI=1S/C8H14N2O/c1-4-6(2)8-9-7(11)5-10(8)3/h4-5H2,1-3H3,(H,9,11)/b8-6-. The fourth-order valence-corrected chi connectivity index (χ4v) is 1.16. The average molecular weight is 154 g/mol. The van der Waals surface area contributed by atoms with Crippen LogP contribution in [0.2, 0.25) is 0 Å². The molecule has 1 fully saturated rings. The summed E-state index contributed by atoms with van der Waals surface area (Å²) in [6.45, 7) is 4.62. The van der Waals surface area contributed by atoms with Gasteiger partial charge in [-0.3, -0.25) is 4.79 Å². The fraction of sp³-hybridized carbons (Fsp3) is 0.625. The molecule has 3 nitrogen and oxygen atoms in total. The Morgan fingerprint density at radius 3 is 2.73 bits per heavy atom. The van der Waals surface area contributed by atoms with E-state index in [1.165, 1.54) is 5.57 Å². The van der Waals surface area contributed by atoms with Crippen molar-refractivity contribution in [1.82, 2.24) is 10.2 Å². The van der Waals surface area contributed by atoms with Crippen LogP contribution in [0.25, 0.3) is 0 Å². The zero-order valence-electron chi connectivity index (χ0n) is 7.27. The van der Waals surface area contributed by atoms with Crippen LogP contribution >= 0.6 is 0 Å². The highest BCUT2D eigenvalue weighted by molar-refractivity contribution is 5.82. The molecule has 0 radical (unpaired) electrons. The summed E-state index contributed by atoms with van der Waals surface area (Å²) < 4.78 is 0. The molecule has 0 aromatic heterocycles. The molecule has 1 heterocycles. The van der Waals surface area contributed by atoms with Gasteiger partial charge in [0.2, 0.25) is 5.91 Å². The monoisotopic (exact) mass is 154 g/mol. The van der Waals surface area contributed by atoms with E-state index in [-0.39, 0.29) is 5.91 Å². The molecule has 1 rings (SSSR count). The first-order valence-electron chi connectivity index (χ1n) is 3.86. The highest BCUT2D eigenvalue weighted by Gasteiger charge is 2.20. The van der Waals surface area contributed by atoms with Crippen molar-refractivity contribution in [2.24, 2.45) is 0 Å². The molecule has 11 heavy (non-hydrogen) atoms. The molecule has 1 aliphatic heterocycles. The van der Waals surface area contributed by atoms with Crippen LogP contribution in [0.15, 0.2) is 11.4 Å². The van der Waals surface area contributed by atoms with Gasteiger partial charge in [-0.2, -0.15) is 0 Å². The molecule has 0 aromatic rings. The maximum atomic E-state index is 10.9. The second-order valence-corrected chi connectivity index (χ2v) is 2.89. The van der Waals surface area contributed by atoms with Gasteiger partial charge >= 0.3 is 0 Å². The summed E-state index contributed by atoms with van der Waals surface area (Å²) in [4.78, 5) is 12.8. The van der Waals surface area contributed by atoms with E-state index in [0.29, 0.717) is 6.54 Å². The largest absolute Gasteiger partial charge is 0.352 e. The Hall–Kier alpha value is -0.990. The minimum atomic E-state index is 0.0929. The summed E-state index contributed by atoms with van der Waals surface area (Å²) in [6.07, 6.45) is 0.986. The Morgan fingerprint density at radius 2 is 2.36 bits per heavy atom. The van der Waals surface area contributed by atoms with Crippen molar-refractivity contribution in [3.63, 3.8) is 0 Å². The number of hydrogen-bond acceptors (Lipinski definition) is 2. The molecule has 0 bridgehead atoms. The Morgan fingerprint density at radius 1 is 1.73 bits per heavy atom. The molecule has 62 valence electrons. The quantitative estimate of drug-likeness (QED) is 0.602. The lowest BCUT2D eigenvalue weighted by Gasteiger charge is -2.12. The molecule has 0 aromatic carbocycles. The minimum absolute atomic E-state index is 0.0929. The number of amides is 1. The molecule has 0 unspecified atom stereocenters. The van der Waals surface area contributed by atoms with E-state index >= 15 is 0 Å². The number of carbonyl (C=O) groups is 1. The number of hydrogen-bond donors (Lipinski definition) is 1. The normalized spacial score (nSPS) is 22.1. The van der Waals surface area contributed by atoms with Crippen LogP contribution in [-0.2, 0) is 4.79 Å². The van der Waals surface area contributed by atoms with Crippen LogP contribution in [0.5, 0.6) is 0 Å². The third-order valence-electron chi connectivity index (χ3n) is 1.95. The molecule has 1 aliphatic rings. The molecule has 1 N–H and O–H groups in total. The topological polar surface area (TPSA) is 32.3 Å². The summed E-state index contributed by atoms with van der Waals surface area (Å²) in [7, 11) is 1.92. The second kappa shape index (κ2) is 2.95. The van der Waals surface area contributed by atoms with Crippen LogP contribution in [0, 0.1) is 0 Å². The average Bonchev–Trinajstić information content (AvgIpc) is 2.28. The number of likely N-dealkylation sites (N-methyl/N-ethyl adjacent to an activating group) is 1. The Balaban J connectivity index is 2.81. The number of rotatable bonds is 1. The highest BCUT2D eigenvalue weighted by atomic mass is 16.2. The third-order valence-corrected chi connectivity index (χ3v) is 1.95. The van der Waals surface area contributed by atoms with Gasteiger partial charge in [0, 0.05) is 7.05 Å². The van der Waals surface area contributed by atoms with Crippen LogP contribution in [0.3, 0.4) is 0 Å². The first kappa shape index (κ1) is 8.11. The van der Waals surface area contributed by atoms with Crippen LogP contribution < -0.4 is 5.32 Å². The van der Waals surface area contributed by atoms with Crippen molar-refractivity contribution >= 4 is 5.91 Å². The van der Waals surface area contributed by atoms with E-state index in [4.69, 9.17) is 0 Å². The molecular weight excluding hydrogens is 140 g/mol. The lowest BCUT2D eigenvalue weighted by atomic mass is 10.2. The van der Waals surface area contributed by atoms with Crippen molar-refractivity contribution in [2.45, 2.75) is 20.3 Å². The number of carbonyl (C=O) groups excluding carboxylic acids is 1. The fourth-order valence-electron chi connectivity index (χ4n) is 1.16. The van der Waals surface area contributed by atoms with Gasteiger partial charge in [0.25, 0.3) is 0 Å². The molecule has 1 saturated heterocycles. The van der Waals surface area contributed by atoms with E-state index in [2.05, 4.69) is 12.2 Å². The SMILES string of the molecule is CC/C(C)=C1/NC(=O)CN1C. The molecule has 0 saturated carbocycles. The Labute approximate surface area is 67.1 Å². The van der Waals surface area contributed by atoms with Gasteiger partial charge in [-0.25, -0.2) is 0 Å². The maximum absolute atomic E-state index is 10.9. The summed E-state index contributed by atoms with van der Waals surface area (Å²) in [5.41, 5.74) is 1.23. The lowest BCUT2D eigenvalue weighted by molar-refractivity contribution is -0.118. The van der Waals surface area contributed by atoms with E-state index in [9.17, 15) is 4.79 Å². The molecule has 3 heteroatoms. The first-order valence-corrected chi connectivity index (χ1v) is 3.86. The summed E-state index contributed by atoms with van der Waals surface area (Å²) >= 11 is 0. The van der Waals surface area contributed by atoms with Crippen molar-refractivity contribution < 1.29 is 4.79 Å². The van der Waals surface area contributed by atoms with Crippen molar-refractivity contribution in [3.8, 4) is 0 Å². The zero-order valence-corrected chi connectivity index (χ0v) is 7.27. The Kier molecular flexibility index (Phi) is 2.17. The smallest absolute Gasteiger partial charge is 0.245 e. The number of nitrogens with one attached hydrogen (secondary N) is 1. The van der Waals surface area contributed by atoms with Gasteiger partial charge in [-0.05, 0) is 18.9 Å². The third kappa shape index (κ3) is 1.53. The van der Waals surface area contributed by atoms with E-state index in [1.54, 1.807) is 0 Å². The van der Waals surface area contributed by atoms with E-state index in [1.807, 2.05) is 18.9 Å². The van der Waals surface area contributed by atoms with Gasteiger partial charge in [0.15, 0.2) is 0 Å². The van der Waals surface area contributed by atoms with E-state index in [0.717, 1.165) is 12.2 Å². The van der Waals surface area contributed by atoms with Gasteiger partial charge in [0.05, 0.1) is 6.54 Å². The second-order valence-electron chi connectivity index (χ2n) is 2.89. The van der Waals surface area contributed by atoms with Crippen LogP contribution in [-0.4, -0.2) is 24.4 Å². The lowest BCUT2D eigenvalue weighted by Crippen LogP contribution is -2.16. The van der Waals surface area contributed by atoms with Crippen molar-refractivity contribution in [3.05, 3.63) is 11.4 Å². The molecule has 1 amide bonds. The summed E-state index contributed by atoms with van der Waals surface area (Å²) in [6, 6.07) is 0. The van der Waals surface area contributed by atoms with Gasteiger partial charge in [-0.15, -0.1) is 0 Å². The number of nitrogens with zero attached hydrogens (tertiary/aromatic N) is 1. The van der Waals surface area contributed by atoms with Crippen LogP contribution in [0.1, 0.15) is 20.3 Å². The predicted molar refractivity (Wildman–Crippen MR) is 43.8 cm³/mol. The molecule has 0 aliphatic carbocycles. The molecule has 0 spiro atoms. The number of allylic oxidation sites excluding steroid dienone is 1. The Bertz CT molecular complexity index is 208. The van der Waals surface area contributed by atoms with Crippen molar-refractivity contribution in [2.75, 3.05) is 13.6 Å². The first-order chi connectivity index (χ1) is 5.15.